The van der Waals surface area contributed by atoms with E-state index in [4.69, 9.17) is 9.47 Å². The largest absolute Gasteiger partial charge is 0.497 e. The number of nitrogens with zero attached hydrogens (tertiary/aromatic N) is 5. The van der Waals surface area contributed by atoms with Gasteiger partial charge in [0.2, 0.25) is 5.13 Å². The Morgan fingerprint density at radius 2 is 1.94 bits per heavy atom. The van der Waals surface area contributed by atoms with E-state index in [9.17, 15) is 4.79 Å². The number of amides is 1. The van der Waals surface area contributed by atoms with E-state index in [0.29, 0.717) is 33.7 Å². The first-order valence-electron chi connectivity index (χ1n) is 9.37. The fraction of sp³-hybridized carbons (Fsp3) is 0.190. The van der Waals surface area contributed by atoms with Gasteiger partial charge >= 0.3 is 0 Å². The number of methoxy groups -OCH3 is 2. The molecule has 0 fully saturated rings. The van der Waals surface area contributed by atoms with Crippen LogP contribution in [0.4, 0.5) is 5.13 Å². The van der Waals surface area contributed by atoms with Crippen molar-refractivity contribution in [3.8, 4) is 28.7 Å². The van der Waals surface area contributed by atoms with E-state index < -0.39 is 0 Å². The monoisotopic (exact) mass is 436 g/mol. The summed E-state index contributed by atoms with van der Waals surface area (Å²) >= 11 is 1.08. The highest BCUT2D eigenvalue weighted by molar-refractivity contribution is 7.10. The molecule has 4 aromatic rings. The minimum absolute atomic E-state index is 0.300. The minimum Gasteiger partial charge on any atom is -0.497 e. The van der Waals surface area contributed by atoms with Gasteiger partial charge in [0, 0.05) is 17.1 Å². The van der Waals surface area contributed by atoms with Crippen molar-refractivity contribution < 1.29 is 14.3 Å². The molecule has 0 bridgehead atoms. The third-order valence-corrected chi connectivity index (χ3v) is 5.28. The first kappa shape index (κ1) is 20.5. The Balaban J connectivity index is 1.59. The zero-order valence-corrected chi connectivity index (χ0v) is 18.2. The van der Waals surface area contributed by atoms with Gasteiger partial charge in [-0.05, 0) is 49.7 Å². The second-order valence-corrected chi connectivity index (χ2v) is 7.47. The summed E-state index contributed by atoms with van der Waals surface area (Å²) in [6, 6.07) is 12.7. The average molecular weight is 436 g/mol. The zero-order chi connectivity index (χ0) is 22.0. The molecule has 1 N–H and O–H groups in total. The highest BCUT2D eigenvalue weighted by atomic mass is 32.1. The second kappa shape index (κ2) is 8.52. The van der Waals surface area contributed by atoms with Gasteiger partial charge in [-0.2, -0.15) is 9.36 Å². The summed E-state index contributed by atoms with van der Waals surface area (Å²) in [4.78, 5) is 16.9. The van der Waals surface area contributed by atoms with E-state index in [1.165, 1.54) is 0 Å². The predicted octanol–water partition coefficient (Wildman–Crippen LogP) is 3.67. The Kier molecular flexibility index (Phi) is 5.63. The summed E-state index contributed by atoms with van der Waals surface area (Å²) in [6.07, 6.45) is 0. The van der Waals surface area contributed by atoms with Crippen LogP contribution in [0.3, 0.4) is 0 Å². The molecule has 10 heteroatoms. The van der Waals surface area contributed by atoms with Crippen LogP contribution in [0, 0.1) is 13.8 Å². The molecule has 0 saturated heterocycles. The molecule has 31 heavy (non-hydrogen) atoms. The number of nitrogens with one attached hydrogen (secondary N) is 1. The van der Waals surface area contributed by atoms with Gasteiger partial charge < -0.3 is 9.47 Å². The molecular formula is C21H20N6O3S. The van der Waals surface area contributed by atoms with Crippen molar-refractivity contribution >= 4 is 22.6 Å². The molecule has 9 nitrogen and oxygen atoms in total. The van der Waals surface area contributed by atoms with Gasteiger partial charge in [-0.3, -0.25) is 10.1 Å². The van der Waals surface area contributed by atoms with Crippen molar-refractivity contribution in [2.24, 2.45) is 0 Å². The maximum atomic E-state index is 12.5. The van der Waals surface area contributed by atoms with Gasteiger partial charge in [0.25, 0.3) is 5.91 Å². The SMILES string of the molecule is COc1cccc(C(=O)Nc2nc(-c3nnn(-c4cc(C)ccc4OC)c3C)ns2)c1. The fourth-order valence-electron chi connectivity index (χ4n) is 3.03. The molecule has 1 amide bonds. The molecule has 0 saturated carbocycles. The number of hydrogen-bond donors (Lipinski definition) is 1. The van der Waals surface area contributed by atoms with E-state index in [1.54, 1.807) is 43.2 Å². The van der Waals surface area contributed by atoms with E-state index >= 15 is 0 Å². The van der Waals surface area contributed by atoms with Gasteiger partial charge in [0.05, 0.1) is 19.9 Å². The van der Waals surface area contributed by atoms with E-state index in [2.05, 4.69) is 25.0 Å². The Bertz CT molecular complexity index is 1250. The topological polar surface area (TPSA) is 104 Å². The highest BCUT2D eigenvalue weighted by Gasteiger charge is 2.19. The van der Waals surface area contributed by atoms with Crippen molar-refractivity contribution in [3.63, 3.8) is 0 Å². The minimum atomic E-state index is -0.300. The molecular weight excluding hydrogens is 416 g/mol. The van der Waals surface area contributed by atoms with Crippen molar-refractivity contribution in [2.75, 3.05) is 19.5 Å². The van der Waals surface area contributed by atoms with Crippen molar-refractivity contribution in [3.05, 3.63) is 59.3 Å². The number of hydrogen-bond acceptors (Lipinski definition) is 8. The number of anilines is 1. The Morgan fingerprint density at radius 1 is 1.10 bits per heavy atom. The summed E-state index contributed by atoms with van der Waals surface area (Å²) in [7, 11) is 3.16. The third-order valence-electron chi connectivity index (χ3n) is 4.65. The van der Waals surface area contributed by atoms with Crippen molar-refractivity contribution in [1.82, 2.24) is 24.4 Å². The average Bonchev–Trinajstić information content (AvgIpc) is 3.39. The molecule has 2 heterocycles. The molecule has 0 radical (unpaired) electrons. The summed E-state index contributed by atoms with van der Waals surface area (Å²) in [6.45, 7) is 3.88. The molecule has 2 aromatic heterocycles. The summed E-state index contributed by atoms with van der Waals surface area (Å²) in [5, 5.41) is 11.6. The number of rotatable bonds is 6. The Labute approximate surface area is 182 Å². The zero-order valence-electron chi connectivity index (χ0n) is 17.4. The molecule has 0 aliphatic rings. The Morgan fingerprint density at radius 3 is 2.71 bits per heavy atom. The van der Waals surface area contributed by atoms with Crippen LogP contribution in [0.25, 0.3) is 17.2 Å². The number of carbonyl (C=O) groups is 1. The van der Waals surface area contributed by atoms with Crippen LogP contribution in [0.15, 0.2) is 42.5 Å². The van der Waals surface area contributed by atoms with Crippen molar-refractivity contribution in [1.29, 1.82) is 0 Å². The smallest absolute Gasteiger partial charge is 0.257 e. The lowest BCUT2D eigenvalue weighted by atomic mass is 10.2. The molecule has 0 unspecified atom stereocenters. The van der Waals surface area contributed by atoms with Gasteiger partial charge in [0.1, 0.15) is 17.2 Å². The molecule has 158 valence electrons. The molecule has 4 rings (SSSR count). The van der Waals surface area contributed by atoms with Crippen LogP contribution in [-0.4, -0.2) is 44.5 Å². The lowest BCUT2D eigenvalue weighted by Gasteiger charge is -2.10. The molecule has 0 aliphatic heterocycles. The van der Waals surface area contributed by atoms with E-state index in [1.807, 2.05) is 32.0 Å². The van der Waals surface area contributed by atoms with E-state index in [0.717, 1.165) is 28.5 Å². The number of benzene rings is 2. The maximum Gasteiger partial charge on any atom is 0.257 e. The summed E-state index contributed by atoms with van der Waals surface area (Å²) in [5.41, 5.74) is 3.60. The van der Waals surface area contributed by atoms with Crippen LogP contribution in [0.1, 0.15) is 21.6 Å². The standard InChI is InChI=1S/C21H20N6O3S/c1-12-8-9-17(30-4)16(10-12)27-13(2)18(24-26-27)19-22-21(31-25-19)23-20(28)14-6-5-7-15(11-14)29-3/h5-11H,1-4H3,(H,22,23,25,28). The molecule has 0 spiro atoms. The van der Waals surface area contributed by atoms with Crippen LogP contribution < -0.4 is 14.8 Å². The van der Waals surface area contributed by atoms with Crippen LogP contribution in [0.5, 0.6) is 11.5 Å². The number of carbonyl (C=O) groups excluding carboxylic acids is 1. The molecule has 0 atom stereocenters. The predicted molar refractivity (Wildman–Crippen MR) is 117 cm³/mol. The first-order chi connectivity index (χ1) is 15.0. The molecule has 2 aromatic carbocycles. The molecule has 0 aliphatic carbocycles. The summed E-state index contributed by atoms with van der Waals surface area (Å²) < 4.78 is 16.6. The fourth-order valence-corrected chi connectivity index (χ4v) is 3.60. The highest BCUT2D eigenvalue weighted by Crippen LogP contribution is 2.28. The van der Waals surface area contributed by atoms with Crippen LogP contribution in [-0.2, 0) is 0 Å². The maximum absolute atomic E-state index is 12.5. The number of aromatic nitrogens is 5. The van der Waals surface area contributed by atoms with Gasteiger partial charge in [0.15, 0.2) is 11.5 Å². The summed E-state index contributed by atoms with van der Waals surface area (Å²) in [5.74, 6) is 1.37. The van der Waals surface area contributed by atoms with Crippen molar-refractivity contribution in [2.45, 2.75) is 13.8 Å². The van der Waals surface area contributed by atoms with E-state index in [-0.39, 0.29) is 5.91 Å². The normalized spacial score (nSPS) is 10.7. The van der Waals surface area contributed by atoms with Crippen LogP contribution >= 0.6 is 11.5 Å². The van der Waals surface area contributed by atoms with Crippen LogP contribution in [0.2, 0.25) is 0 Å². The lowest BCUT2D eigenvalue weighted by Crippen LogP contribution is -2.11. The lowest BCUT2D eigenvalue weighted by molar-refractivity contribution is 0.102. The van der Waals surface area contributed by atoms with Gasteiger partial charge in [-0.25, -0.2) is 4.68 Å². The second-order valence-electron chi connectivity index (χ2n) is 6.72. The Hall–Kier alpha value is -3.79. The third kappa shape index (κ3) is 4.10. The number of ether oxygens (including phenoxy) is 2. The quantitative estimate of drug-likeness (QED) is 0.492. The van der Waals surface area contributed by atoms with Gasteiger partial charge in [-0.1, -0.05) is 17.3 Å². The van der Waals surface area contributed by atoms with Gasteiger partial charge in [-0.15, -0.1) is 5.10 Å². The first-order valence-corrected chi connectivity index (χ1v) is 10.1. The number of aryl methyl sites for hydroxylation is 1.